The molecule has 1 aromatic heterocycles. The van der Waals surface area contributed by atoms with E-state index in [2.05, 4.69) is 35.6 Å². The van der Waals surface area contributed by atoms with E-state index in [1.54, 1.807) is 11.3 Å². The van der Waals surface area contributed by atoms with Crippen molar-refractivity contribution >= 4 is 17.2 Å². The second-order valence-electron chi connectivity index (χ2n) is 6.39. The van der Waals surface area contributed by atoms with Crippen molar-refractivity contribution in [3.05, 3.63) is 39.8 Å². The maximum absolute atomic E-state index is 12.3. The van der Waals surface area contributed by atoms with Gasteiger partial charge in [-0.25, -0.2) is 4.98 Å². The molecule has 0 unspecified atom stereocenters. The van der Waals surface area contributed by atoms with Gasteiger partial charge in [-0.1, -0.05) is 25.9 Å². The Hall–Kier alpha value is -2.42. The number of hydrogen-bond acceptors (Lipinski definition) is 6. The van der Waals surface area contributed by atoms with Crippen molar-refractivity contribution < 1.29 is 23.1 Å². The summed E-state index contributed by atoms with van der Waals surface area (Å²) in [6.45, 7) is 3.49. The summed E-state index contributed by atoms with van der Waals surface area (Å²) in [6.07, 6.45) is 0. The van der Waals surface area contributed by atoms with Gasteiger partial charge in [0.1, 0.15) is 0 Å². The van der Waals surface area contributed by atoms with E-state index in [1.165, 1.54) is 25.3 Å². The molecule has 2 N–H and O–H groups in total. The minimum Gasteiger partial charge on any atom is -0.493 e. The zero-order chi connectivity index (χ0) is 19.3. The second-order valence-corrected chi connectivity index (χ2v) is 7.25. The largest absolute Gasteiger partial charge is 0.493 e. The van der Waals surface area contributed by atoms with Crippen LogP contribution in [0.5, 0.6) is 11.5 Å². The highest BCUT2D eigenvalue weighted by Gasteiger charge is 2.18. The maximum atomic E-state index is 12.3. The predicted octanol–water partition coefficient (Wildman–Crippen LogP) is 3.89. The van der Waals surface area contributed by atoms with Crippen molar-refractivity contribution in [1.82, 2.24) is 4.98 Å². The molecule has 6 nitrogen and oxygen atoms in total. The van der Waals surface area contributed by atoms with Gasteiger partial charge in [-0.05, 0) is 18.2 Å². The van der Waals surface area contributed by atoms with Gasteiger partial charge in [0.15, 0.2) is 23.9 Å². The van der Waals surface area contributed by atoms with Gasteiger partial charge in [0.25, 0.3) is 0 Å². The highest BCUT2D eigenvalue weighted by Crippen LogP contribution is 2.29. The van der Waals surface area contributed by atoms with Gasteiger partial charge >= 0.3 is 6.61 Å². The van der Waals surface area contributed by atoms with Gasteiger partial charge in [-0.15, -0.1) is 11.3 Å². The van der Waals surface area contributed by atoms with Crippen LogP contribution in [0.4, 0.5) is 8.78 Å². The van der Waals surface area contributed by atoms with E-state index in [9.17, 15) is 8.78 Å². The van der Waals surface area contributed by atoms with Crippen LogP contribution < -0.4 is 15.2 Å². The Morgan fingerprint density at radius 3 is 2.62 bits per heavy atom. The zero-order valence-corrected chi connectivity index (χ0v) is 15.8. The monoisotopic (exact) mass is 385 g/mol. The zero-order valence-electron chi connectivity index (χ0n) is 15.0. The first-order valence-corrected chi connectivity index (χ1v) is 8.62. The Kier molecular flexibility index (Phi) is 6.36. The molecule has 142 valence electrons. The molecule has 2 aromatic rings. The highest BCUT2D eigenvalue weighted by atomic mass is 32.1. The maximum Gasteiger partial charge on any atom is 0.387 e. The number of amidine groups is 1. The molecule has 0 bridgehead atoms. The quantitative estimate of drug-likeness (QED) is 0.444. The normalized spacial score (nSPS) is 12.3. The van der Waals surface area contributed by atoms with Crippen LogP contribution in [0.3, 0.4) is 0 Å². The predicted molar refractivity (Wildman–Crippen MR) is 96.0 cm³/mol. The van der Waals surface area contributed by atoms with Crippen LogP contribution in [0.15, 0.2) is 28.7 Å². The molecule has 1 heterocycles. The number of nitrogens with two attached hydrogens (primary N) is 1. The second kappa shape index (κ2) is 8.31. The Balaban J connectivity index is 2.04. The van der Waals surface area contributed by atoms with Crippen molar-refractivity contribution in [3.8, 4) is 11.5 Å². The van der Waals surface area contributed by atoms with Crippen LogP contribution in [0.1, 0.15) is 37.0 Å². The molecule has 1 aromatic carbocycles. The summed E-state index contributed by atoms with van der Waals surface area (Å²) in [5, 5.41) is 6.76. The minimum atomic E-state index is -2.94. The van der Waals surface area contributed by atoms with E-state index < -0.39 is 6.61 Å². The molecule has 0 aliphatic rings. The van der Waals surface area contributed by atoms with Gasteiger partial charge in [0.2, 0.25) is 0 Å². The summed E-state index contributed by atoms with van der Waals surface area (Å²) < 4.78 is 34.1. The SMILES string of the molecule is COc1cc(/C(N)=N\OCc2csc(C(C)(C)C)n2)ccc1OC(F)F. The van der Waals surface area contributed by atoms with Crippen molar-refractivity contribution in [2.24, 2.45) is 10.9 Å². The summed E-state index contributed by atoms with van der Waals surface area (Å²) >= 11 is 1.56. The first-order valence-electron chi connectivity index (χ1n) is 7.74. The third-order valence-electron chi connectivity index (χ3n) is 3.24. The fourth-order valence-corrected chi connectivity index (χ4v) is 2.85. The molecule has 0 radical (unpaired) electrons. The average Bonchev–Trinajstić information content (AvgIpc) is 3.03. The Morgan fingerprint density at radius 2 is 2.04 bits per heavy atom. The lowest BCUT2D eigenvalue weighted by atomic mass is 9.98. The number of nitrogens with zero attached hydrogens (tertiary/aromatic N) is 2. The molecule has 9 heteroatoms. The highest BCUT2D eigenvalue weighted by molar-refractivity contribution is 7.09. The molecule has 0 fully saturated rings. The van der Waals surface area contributed by atoms with E-state index in [0.717, 1.165) is 10.7 Å². The smallest absolute Gasteiger partial charge is 0.387 e. The van der Waals surface area contributed by atoms with Gasteiger partial charge in [-0.2, -0.15) is 8.78 Å². The lowest BCUT2D eigenvalue weighted by Gasteiger charge is -2.13. The number of thiazole rings is 1. The van der Waals surface area contributed by atoms with E-state index >= 15 is 0 Å². The van der Waals surface area contributed by atoms with Crippen LogP contribution >= 0.6 is 11.3 Å². The Bertz CT molecular complexity index is 773. The van der Waals surface area contributed by atoms with Crippen molar-refractivity contribution in [1.29, 1.82) is 0 Å². The number of ether oxygens (including phenoxy) is 2. The van der Waals surface area contributed by atoms with Crippen molar-refractivity contribution in [2.75, 3.05) is 7.11 Å². The molecule has 0 saturated heterocycles. The molecule has 0 saturated carbocycles. The third kappa shape index (κ3) is 5.29. The molecule has 26 heavy (non-hydrogen) atoms. The summed E-state index contributed by atoms with van der Waals surface area (Å²) in [4.78, 5) is 9.74. The summed E-state index contributed by atoms with van der Waals surface area (Å²) in [6, 6.07) is 4.27. The van der Waals surface area contributed by atoms with Gasteiger partial charge in [0.05, 0.1) is 17.8 Å². The third-order valence-corrected chi connectivity index (χ3v) is 4.56. The van der Waals surface area contributed by atoms with Crippen molar-refractivity contribution in [2.45, 2.75) is 39.4 Å². The molecule has 0 spiro atoms. The fourth-order valence-electron chi connectivity index (χ4n) is 1.96. The van der Waals surface area contributed by atoms with Gasteiger partial charge < -0.3 is 20.0 Å². The average molecular weight is 385 g/mol. The standard InChI is InChI=1S/C17H21F2N3O3S/c1-17(2,3)15-21-11(9-26-15)8-24-22-14(20)10-5-6-12(25-16(18)19)13(7-10)23-4/h5-7,9,16H,8H2,1-4H3,(H2,20,22). The summed E-state index contributed by atoms with van der Waals surface area (Å²) in [5.41, 5.74) is 7.06. The van der Waals surface area contributed by atoms with E-state index in [1.807, 2.05) is 5.38 Å². The topological polar surface area (TPSA) is 79.0 Å². The molecule has 2 rings (SSSR count). The molecule has 0 aliphatic carbocycles. The molecular formula is C17H21F2N3O3S. The van der Waals surface area contributed by atoms with Crippen LogP contribution in [-0.4, -0.2) is 24.5 Å². The number of hydrogen-bond donors (Lipinski definition) is 1. The van der Waals surface area contributed by atoms with E-state index in [4.69, 9.17) is 15.3 Å². The molecule has 0 amide bonds. The minimum absolute atomic E-state index is 0.0240. The van der Waals surface area contributed by atoms with Crippen LogP contribution in [-0.2, 0) is 16.9 Å². The number of rotatable bonds is 7. The lowest BCUT2D eigenvalue weighted by Crippen LogP contribution is -2.14. The molecular weight excluding hydrogens is 364 g/mol. The number of benzene rings is 1. The van der Waals surface area contributed by atoms with Crippen LogP contribution in [0, 0.1) is 0 Å². The van der Waals surface area contributed by atoms with Gasteiger partial charge in [0, 0.05) is 16.4 Å². The van der Waals surface area contributed by atoms with E-state index in [0.29, 0.717) is 5.56 Å². The number of alkyl halides is 2. The Labute approximate surface area is 154 Å². The summed E-state index contributed by atoms with van der Waals surface area (Å²) in [5.74, 6) is 0.116. The van der Waals surface area contributed by atoms with Crippen molar-refractivity contribution in [3.63, 3.8) is 0 Å². The van der Waals surface area contributed by atoms with Gasteiger partial charge in [-0.3, -0.25) is 0 Å². The van der Waals surface area contributed by atoms with Crippen LogP contribution in [0.2, 0.25) is 0 Å². The van der Waals surface area contributed by atoms with E-state index in [-0.39, 0.29) is 29.4 Å². The number of oxime groups is 1. The number of methoxy groups -OCH3 is 1. The number of aromatic nitrogens is 1. The fraction of sp³-hybridized carbons (Fsp3) is 0.412. The van der Waals surface area contributed by atoms with Crippen LogP contribution in [0.25, 0.3) is 0 Å². The number of halogens is 2. The lowest BCUT2D eigenvalue weighted by molar-refractivity contribution is -0.0512. The first kappa shape index (κ1) is 19.9. The first-order chi connectivity index (χ1) is 12.2. The summed E-state index contributed by atoms with van der Waals surface area (Å²) in [7, 11) is 1.34. The molecule has 0 aliphatic heterocycles. The Morgan fingerprint density at radius 1 is 1.31 bits per heavy atom. The molecule has 0 atom stereocenters.